The molecule has 1 N–H and O–H groups in total. The van der Waals surface area contributed by atoms with Gasteiger partial charge in [-0.25, -0.2) is 9.78 Å². The van der Waals surface area contributed by atoms with E-state index in [-0.39, 0.29) is 24.8 Å². The third kappa shape index (κ3) is 3.60. The van der Waals surface area contributed by atoms with Crippen molar-refractivity contribution in [2.24, 2.45) is 5.41 Å². The molecule has 1 spiro atoms. The Kier molecular flexibility index (Phi) is 5.25. The Morgan fingerprint density at radius 1 is 1.21 bits per heavy atom. The predicted octanol–water partition coefficient (Wildman–Crippen LogP) is -0.585. The predicted molar refractivity (Wildman–Crippen MR) is 110 cm³/mol. The summed E-state index contributed by atoms with van der Waals surface area (Å²) >= 11 is 0. The number of rotatable bonds is 5. The van der Waals surface area contributed by atoms with Crippen LogP contribution in [0.25, 0.3) is 5.82 Å². The van der Waals surface area contributed by atoms with Crippen LogP contribution < -0.4 is 0 Å². The topological polar surface area (TPSA) is 144 Å². The third-order valence-electron chi connectivity index (χ3n) is 6.77. The highest BCUT2D eigenvalue weighted by Gasteiger charge is 2.56. The highest BCUT2D eigenvalue weighted by Crippen LogP contribution is 2.41. The Bertz CT molecular complexity index is 1120. The zero-order chi connectivity index (χ0) is 23.2. The molecule has 2 fully saturated rings. The van der Waals surface area contributed by atoms with Crippen LogP contribution in [0.3, 0.4) is 0 Å². The lowest BCUT2D eigenvalue weighted by Crippen LogP contribution is -2.48. The van der Waals surface area contributed by atoms with Gasteiger partial charge in [-0.3, -0.25) is 9.59 Å². The molecule has 5 heterocycles. The number of esters is 1. The zero-order valence-electron chi connectivity index (χ0n) is 18.0. The van der Waals surface area contributed by atoms with Gasteiger partial charge in [0, 0.05) is 18.3 Å². The number of aliphatic hydroxyl groups excluding tert-OH is 1. The maximum atomic E-state index is 13.2. The minimum absolute atomic E-state index is 0.0237. The van der Waals surface area contributed by atoms with Crippen molar-refractivity contribution in [1.29, 1.82) is 0 Å². The van der Waals surface area contributed by atoms with E-state index in [1.54, 1.807) is 25.3 Å². The normalized spacial score (nSPS) is 21.9. The summed E-state index contributed by atoms with van der Waals surface area (Å²) in [5, 5.41) is 21.6. The average molecular weight is 453 g/mol. The maximum absolute atomic E-state index is 13.2. The van der Waals surface area contributed by atoms with Crippen molar-refractivity contribution < 1.29 is 24.2 Å². The second kappa shape index (κ2) is 8.12. The van der Waals surface area contributed by atoms with E-state index in [0.717, 1.165) is 0 Å². The molecule has 0 radical (unpaired) electrons. The first-order valence-electron chi connectivity index (χ1n) is 10.7. The summed E-state index contributed by atoms with van der Waals surface area (Å²) in [4.78, 5) is 45.6. The van der Waals surface area contributed by atoms with Crippen molar-refractivity contribution >= 4 is 17.7 Å². The van der Waals surface area contributed by atoms with Crippen LogP contribution >= 0.6 is 0 Å². The summed E-state index contributed by atoms with van der Waals surface area (Å²) in [6, 6.07) is 3.49. The van der Waals surface area contributed by atoms with Crippen LogP contribution in [0.1, 0.15) is 31.4 Å². The van der Waals surface area contributed by atoms with E-state index in [1.165, 1.54) is 15.9 Å². The molecule has 12 heteroatoms. The van der Waals surface area contributed by atoms with E-state index < -0.39 is 17.5 Å². The second-order valence-electron chi connectivity index (χ2n) is 8.56. The lowest BCUT2D eigenvalue weighted by molar-refractivity contribution is -0.142. The Hall–Kier alpha value is -3.51. The number of piperidine rings is 1. The summed E-state index contributed by atoms with van der Waals surface area (Å²) in [7, 11) is 0. The molecular formula is C21H23N7O5. The van der Waals surface area contributed by atoms with E-state index in [1.807, 2.05) is 4.90 Å². The summed E-state index contributed by atoms with van der Waals surface area (Å²) in [6.45, 7) is 2.99. The highest BCUT2D eigenvalue weighted by atomic mass is 16.5. The van der Waals surface area contributed by atoms with E-state index in [0.29, 0.717) is 55.1 Å². The molecule has 0 aliphatic carbocycles. The highest BCUT2D eigenvalue weighted by molar-refractivity contribution is 6.14. The number of ether oxygens (including phenoxy) is 1. The van der Waals surface area contributed by atoms with Crippen LogP contribution in [0.4, 0.5) is 0 Å². The Labute approximate surface area is 188 Å². The van der Waals surface area contributed by atoms with E-state index in [9.17, 15) is 19.5 Å². The number of amides is 1. The summed E-state index contributed by atoms with van der Waals surface area (Å²) in [5.41, 5.74) is 0.467. The number of aromatic nitrogens is 5. The minimum Gasteiger partial charge on any atom is -0.456 e. The lowest BCUT2D eigenvalue weighted by atomic mass is 9.76. The summed E-state index contributed by atoms with van der Waals surface area (Å²) < 4.78 is 6.43. The number of β-amino-alcohol motifs (C(OH)–C–C–N with tert-alkyl or cyclic N) is 1. The number of pyridine rings is 1. The number of aliphatic hydroxyl groups is 1. The van der Waals surface area contributed by atoms with Gasteiger partial charge in [-0.15, -0.1) is 5.10 Å². The van der Waals surface area contributed by atoms with Gasteiger partial charge in [0.2, 0.25) is 5.91 Å². The number of tetrazole rings is 1. The second-order valence-corrected chi connectivity index (χ2v) is 8.56. The number of ketones is 1. The van der Waals surface area contributed by atoms with Crippen molar-refractivity contribution in [1.82, 2.24) is 35.0 Å². The van der Waals surface area contributed by atoms with E-state index in [4.69, 9.17) is 4.74 Å². The molecule has 12 nitrogen and oxygen atoms in total. The van der Waals surface area contributed by atoms with Crippen LogP contribution in [-0.2, 0) is 19.1 Å². The number of Topliss-reactive ketones (excluding diaryl/α,β-unsaturated/α-hetero) is 1. The van der Waals surface area contributed by atoms with E-state index in [2.05, 4.69) is 20.5 Å². The molecule has 3 aliphatic heterocycles. The van der Waals surface area contributed by atoms with Gasteiger partial charge in [-0.05, 0) is 49.3 Å². The van der Waals surface area contributed by atoms with Crippen LogP contribution in [0, 0.1) is 5.41 Å². The maximum Gasteiger partial charge on any atom is 0.336 e. The van der Waals surface area contributed by atoms with Gasteiger partial charge in [-0.1, -0.05) is 6.07 Å². The van der Waals surface area contributed by atoms with Crippen molar-refractivity contribution in [3.05, 3.63) is 41.5 Å². The first-order valence-corrected chi connectivity index (χ1v) is 10.7. The quantitative estimate of drug-likeness (QED) is 0.461. The first kappa shape index (κ1) is 21.3. The van der Waals surface area contributed by atoms with Crippen LogP contribution in [0.15, 0.2) is 35.9 Å². The molecule has 3 aliphatic rings. The van der Waals surface area contributed by atoms with Gasteiger partial charge < -0.3 is 19.6 Å². The molecule has 2 saturated heterocycles. The zero-order valence-corrected chi connectivity index (χ0v) is 18.0. The Balaban J connectivity index is 1.21. The molecule has 1 amide bonds. The monoisotopic (exact) mass is 453 g/mol. The number of likely N-dealkylation sites (tertiary alicyclic amines) is 2. The Morgan fingerprint density at radius 3 is 2.61 bits per heavy atom. The third-order valence-corrected chi connectivity index (χ3v) is 6.77. The largest absolute Gasteiger partial charge is 0.456 e. The van der Waals surface area contributed by atoms with Crippen LogP contribution in [0.5, 0.6) is 0 Å². The van der Waals surface area contributed by atoms with Crippen LogP contribution in [0.2, 0.25) is 0 Å². The minimum atomic E-state index is -1.06. The number of hydrogen-bond donors (Lipinski definition) is 1. The molecule has 172 valence electrons. The molecule has 1 atom stereocenters. The van der Waals surface area contributed by atoms with Crippen molar-refractivity contribution in [3.8, 4) is 5.82 Å². The van der Waals surface area contributed by atoms with Crippen LogP contribution in [-0.4, -0.2) is 90.5 Å². The molecule has 0 unspecified atom stereocenters. The molecule has 5 rings (SSSR count). The van der Waals surface area contributed by atoms with Gasteiger partial charge in [0.05, 0.1) is 23.9 Å². The number of carbonyl (C=O) groups excluding carboxylic acids is 3. The molecular weight excluding hydrogens is 430 g/mol. The van der Waals surface area contributed by atoms with Gasteiger partial charge in [0.1, 0.15) is 18.3 Å². The summed E-state index contributed by atoms with van der Waals surface area (Å²) in [6.07, 6.45) is 3.01. The Morgan fingerprint density at radius 2 is 2.00 bits per heavy atom. The first-order chi connectivity index (χ1) is 15.9. The number of nitrogens with zero attached hydrogens (tertiary/aromatic N) is 7. The average Bonchev–Trinajstić information content (AvgIpc) is 3.53. The van der Waals surface area contributed by atoms with Crippen molar-refractivity contribution in [2.45, 2.75) is 25.9 Å². The standard InChI is InChI=1S/C21H23N7O5/c1-13-15(11-33-19(13)31)27-10-17(30)21(20(27)32)4-6-26(7-5-21)9-16(29)14-2-3-18(22-8-14)28-12-23-24-25-28/h2-3,8,12,16,29H,4-7,9-11H2,1H3/t16-/m0/s1. The fourth-order valence-corrected chi connectivity index (χ4v) is 4.67. The molecule has 0 saturated carbocycles. The van der Waals surface area contributed by atoms with Gasteiger partial charge in [0.15, 0.2) is 11.6 Å². The smallest absolute Gasteiger partial charge is 0.336 e. The van der Waals surface area contributed by atoms with Crippen molar-refractivity contribution in [2.75, 3.05) is 32.8 Å². The van der Waals surface area contributed by atoms with Gasteiger partial charge in [-0.2, -0.15) is 4.68 Å². The van der Waals surface area contributed by atoms with Gasteiger partial charge >= 0.3 is 5.97 Å². The lowest BCUT2D eigenvalue weighted by Gasteiger charge is -2.37. The molecule has 0 aromatic carbocycles. The number of hydrogen-bond acceptors (Lipinski definition) is 10. The number of cyclic esters (lactones) is 1. The molecule has 0 bridgehead atoms. The van der Waals surface area contributed by atoms with E-state index >= 15 is 0 Å². The fraction of sp³-hybridized carbons (Fsp3) is 0.476. The number of carbonyl (C=O) groups is 3. The van der Waals surface area contributed by atoms with Crippen molar-refractivity contribution in [3.63, 3.8) is 0 Å². The molecule has 2 aromatic heterocycles. The molecule has 33 heavy (non-hydrogen) atoms. The van der Waals surface area contributed by atoms with Gasteiger partial charge in [0.25, 0.3) is 0 Å². The SMILES string of the molecule is CC1=C(N2CC(=O)C3(CCN(C[C@H](O)c4ccc(-n5cnnn5)nc4)CC3)C2=O)COC1=O. The molecule has 2 aromatic rings. The fourth-order valence-electron chi connectivity index (χ4n) is 4.67. The summed E-state index contributed by atoms with van der Waals surface area (Å²) in [5.74, 6) is -0.272.